The van der Waals surface area contributed by atoms with Gasteiger partial charge in [0.05, 0.1) is 23.9 Å². The Labute approximate surface area is 318 Å². The zero-order chi connectivity index (χ0) is 38.7. The fourth-order valence-corrected chi connectivity index (χ4v) is 7.84. The third kappa shape index (κ3) is 11.2. The third-order valence-corrected chi connectivity index (χ3v) is 12.8. The number of hydrogen-bond donors (Lipinski definition) is 1. The van der Waals surface area contributed by atoms with E-state index in [1.165, 1.54) is 6.42 Å². The highest BCUT2D eigenvalue weighted by Crippen LogP contribution is 2.54. The van der Waals surface area contributed by atoms with Crippen LogP contribution >= 0.6 is 0 Å². The molecule has 1 aliphatic carbocycles. The fourth-order valence-electron chi connectivity index (χ4n) is 7.84. The Morgan fingerprint density at radius 1 is 0.830 bits per heavy atom. The third-order valence-electron chi connectivity index (χ3n) is 12.8. The van der Waals surface area contributed by atoms with E-state index in [9.17, 15) is 14.4 Å². The van der Waals surface area contributed by atoms with Crippen LogP contribution in [-0.2, 0) is 44.5 Å². The van der Waals surface area contributed by atoms with Crippen LogP contribution in [0.5, 0.6) is 0 Å². The van der Waals surface area contributed by atoms with Gasteiger partial charge in [-0.3, -0.25) is 14.4 Å². The number of hydrogen-bond acceptors (Lipinski definition) is 9. The van der Waals surface area contributed by atoms with Crippen molar-refractivity contribution in [2.45, 2.75) is 137 Å². The monoisotopic (exact) mass is 733 g/mol. The van der Waals surface area contributed by atoms with E-state index in [4.69, 9.17) is 29.3 Å². The highest BCUT2D eigenvalue weighted by molar-refractivity contribution is 6.22. The summed E-state index contributed by atoms with van der Waals surface area (Å²) in [5.74, 6) is -2.17. The normalized spacial score (nSPS) is 20.6. The van der Waals surface area contributed by atoms with Gasteiger partial charge in [0.25, 0.3) is 5.97 Å². The second-order valence-electron chi connectivity index (χ2n) is 17.2. The maximum atomic E-state index is 14.6. The van der Waals surface area contributed by atoms with E-state index in [0.717, 1.165) is 56.1 Å². The Morgan fingerprint density at radius 3 is 2.08 bits per heavy atom. The van der Waals surface area contributed by atoms with Gasteiger partial charge in [-0.05, 0) is 86.7 Å². The van der Waals surface area contributed by atoms with Crippen molar-refractivity contribution in [1.29, 1.82) is 0 Å². The number of carbonyl (C=O) groups is 3. The number of esters is 2. The first kappa shape index (κ1) is 42.5. The quantitative estimate of drug-likeness (QED) is 0.0918. The van der Waals surface area contributed by atoms with E-state index < -0.39 is 51.8 Å². The Morgan fingerprint density at radius 2 is 1.45 bits per heavy atom. The number of benzene rings is 2. The van der Waals surface area contributed by atoms with Crippen LogP contribution < -0.4 is 5.73 Å². The molecule has 2 aromatic carbocycles. The summed E-state index contributed by atoms with van der Waals surface area (Å²) in [6.45, 7) is 15.0. The predicted molar refractivity (Wildman–Crippen MR) is 208 cm³/mol. The minimum absolute atomic E-state index is 0.107. The Bertz CT molecular complexity index is 1450. The van der Waals surface area contributed by atoms with Crippen LogP contribution in [0.1, 0.15) is 130 Å². The minimum atomic E-state index is -1.27. The van der Waals surface area contributed by atoms with Crippen molar-refractivity contribution in [3.8, 4) is 0 Å². The maximum absolute atomic E-state index is 14.6. The topological polar surface area (TPSA) is 123 Å². The van der Waals surface area contributed by atoms with Gasteiger partial charge in [0.2, 0.25) is 0 Å². The van der Waals surface area contributed by atoms with Gasteiger partial charge >= 0.3 is 19.6 Å². The molecule has 9 nitrogen and oxygen atoms in total. The highest BCUT2D eigenvalue weighted by atomic mass is 16.7. The predicted octanol–water partition coefficient (Wildman–Crippen LogP) is 8.18. The van der Waals surface area contributed by atoms with Crippen LogP contribution in [0, 0.1) is 28.1 Å². The van der Waals surface area contributed by atoms with E-state index in [-0.39, 0.29) is 26.7 Å². The van der Waals surface area contributed by atoms with Gasteiger partial charge in [0.15, 0.2) is 0 Å². The van der Waals surface area contributed by atoms with E-state index in [1.54, 1.807) is 0 Å². The van der Waals surface area contributed by atoms with Gasteiger partial charge in [-0.2, -0.15) is 0 Å². The summed E-state index contributed by atoms with van der Waals surface area (Å²) in [5.41, 5.74) is 5.22. The van der Waals surface area contributed by atoms with Crippen molar-refractivity contribution in [2.75, 3.05) is 13.2 Å². The van der Waals surface area contributed by atoms with Crippen LogP contribution in [0.2, 0.25) is 0 Å². The minimum Gasteiger partial charge on any atom is -0.512 e. The number of rotatable bonds is 18. The zero-order valence-electron chi connectivity index (χ0n) is 33.3. The Balaban J connectivity index is 1.59. The standard InChI is InChI=1S/C43H64BNO8/c1-31(37(46)50-28-32-19-11-8-12-20-32)41(4,5)40(2,3)30-42(6,39(48)51-29-33-21-13-9-14-22-33)43(7,45)27-35(34-23-15-10-16-24-34)38(47)53-44-52-36-25-17-18-26-49-36/h8,10-12,15-16,19-20,23-24,31,33,35-36,44H,9,13-14,17-18,21-22,25-30,45H2,1-7H3. The molecule has 5 unspecified atom stereocenters. The molecule has 4 rings (SSSR count). The van der Waals surface area contributed by atoms with Crippen LogP contribution in [0.3, 0.4) is 0 Å². The van der Waals surface area contributed by atoms with Crippen molar-refractivity contribution in [3.63, 3.8) is 0 Å². The van der Waals surface area contributed by atoms with Gasteiger partial charge in [-0.25, -0.2) is 0 Å². The van der Waals surface area contributed by atoms with Crippen molar-refractivity contribution < 1.29 is 37.9 Å². The average Bonchev–Trinajstić information content (AvgIpc) is 3.15. The van der Waals surface area contributed by atoms with E-state index in [0.29, 0.717) is 25.6 Å². The van der Waals surface area contributed by atoms with Gasteiger partial charge in [0, 0.05) is 12.1 Å². The molecule has 2 fully saturated rings. The molecule has 1 saturated heterocycles. The second kappa shape index (κ2) is 18.9. The Kier molecular flexibility index (Phi) is 15.2. The first-order valence-electron chi connectivity index (χ1n) is 19.7. The fraction of sp³-hybridized carbons (Fsp3) is 0.651. The lowest BCUT2D eigenvalue weighted by atomic mass is 9.53. The molecular formula is C43H64BNO8. The molecule has 10 heteroatoms. The van der Waals surface area contributed by atoms with Crippen molar-refractivity contribution in [2.24, 2.45) is 33.8 Å². The number of carbonyl (C=O) groups excluding carboxylic acids is 3. The number of nitrogens with two attached hydrogens (primary N) is 1. The molecule has 2 aromatic rings. The lowest BCUT2D eigenvalue weighted by molar-refractivity contribution is -0.169. The molecule has 5 atom stereocenters. The molecule has 53 heavy (non-hydrogen) atoms. The van der Waals surface area contributed by atoms with Crippen LogP contribution in [0.15, 0.2) is 60.7 Å². The highest BCUT2D eigenvalue weighted by Gasteiger charge is 2.57. The summed E-state index contributed by atoms with van der Waals surface area (Å²) < 4.78 is 29.1. The lowest BCUT2D eigenvalue weighted by Gasteiger charge is -2.52. The summed E-state index contributed by atoms with van der Waals surface area (Å²) in [6.07, 6.45) is 8.24. The van der Waals surface area contributed by atoms with E-state index >= 15 is 0 Å². The molecule has 0 aromatic heterocycles. The van der Waals surface area contributed by atoms with Crippen molar-refractivity contribution in [3.05, 3.63) is 71.8 Å². The second-order valence-corrected chi connectivity index (χ2v) is 17.2. The van der Waals surface area contributed by atoms with E-state index in [1.807, 2.05) is 95.3 Å². The van der Waals surface area contributed by atoms with Crippen molar-refractivity contribution in [1.82, 2.24) is 0 Å². The summed E-state index contributed by atoms with van der Waals surface area (Å²) in [6, 6.07) is 19.0. The summed E-state index contributed by atoms with van der Waals surface area (Å²) >= 11 is 0. The molecule has 0 amide bonds. The van der Waals surface area contributed by atoms with Crippen LogP contribution in [0.25, 0.3) is 0 Å². The average molecular weight is 734 g/mol. The maximum Gasteiger partial charge on any atom is 0.510 e. The molecule has 0 radical (unpaired) electrons. The van der Waals surface area contributed by atoms with Crippen molar-refractivity contribution >= 4 is 25.6 Å². The molecule has 1 aliphatic heterocycles. The Hall–Kier alpha value is -3.21. The van der Waals surface area contributed by atoms with Gasteiger partial charge in [0.1, 0.15) is 12.9 Å². The summed E-state index contributed by atoms with van der Waals surface area (Å²) in [5, 5.41) is 0. The van der Waals surface area contributed by atoms with Crippen LogP contribution in [-0.4, -0.2) is 50.6 Å². The smallest absolute Gasteiger partial charge is 0.510 e. The molecular weight excluding hydrogens is 669 g/mol. The van der Waals surface area contributed by atoms with Crippen LogP contribution in [0.4, 0.5) is 0 Å². The summed E-state index contributed by atoms with van der Waals surface area (Å²) in [4.78, 5) is 42.1. The van der Waals surface area contributed by atoms with Gasteiger partial charge < -0.3 is 29.3 Å². The summed E-state index contributed by atoms with van der Waals surface area (Å²) in [7, 11) is -0.242. The molecule has 1 saturated carbocycles. The zero-order valence-corrected chi connectivity index (χ0v) is 33.3. The van der Waals surface area contributed by atoms with Gasteiger partial charge in [-0.1, -0.05) is 115 Å². The SMILES string of the molecule is CC(C(=O)OCc1ccccc1)C(C)(C)C(C)(C)CC(C)(C(=O)OCC1CCCCC1)C(C)(N)CC(C(=O)OBOC1CCCCO1)c1ccccc1. The largest absolute Gasteiger partial charge is 0.512 e. The first-order valence-corrected chi connectivity index (χ1v) is 19.7. The molecule has 0 bridgehead atoms. The molecule has 2 aliphatic rings. The number of ether oxygens (including phenoxy) is 3. The first-order chi connectivity index (χ1) is 25.1. The van der Waals surface area contributed by atoms with Gasteiger partial charge in [-0.15, -0.1) is 0 Å². The molecule has 292 valence electrons. The lowest BCUT2D eigenvalue weighted by Crippen LogP contribution is -2.60. The van der Waals surface area contributed by atoms with E-state index in [2.05, 4.69) is 13.8 Å². The molecule has 0 spiro atoms. The molecule has 2 N–H and O–H groups in total. The molecule has 1 heterocycles.